The van der Waals surface area contributed by atoms with E-state index in [-0.39, 0.29) is 6.41 Å². The highest BCUT2D eigenvalue weighted by Gasteiger charge is 2.26. The van der Waals surface area contributed by atoms with Gasteiger partial charge in [-0.15, -0.1) is 0 Å². The van der Waals surface area contributed by atoms with Crippen LogP contribution in [0.4, 0.5) is 13.2 Å². The van der Waals surface area contributed by atoms with E-state index in [1.54, 1.807) is 5.48 Å². The number of rotatable bonds is 4. The van der Waals surface area contributed by atoms with Crippen molar-refractivity contribution < 1.29 is 22.8 Å². The van der Waals surface area contributed by atoms with Crippen LogP contribution in [0.5, 0.6) is 0 Å². The van der Waals surface area contributed by atoms with Gasteiger partial charge in [-0.25, -0.2) is 5.48 Å². The number of nitrogens with one attached hydrogen (secondary N) is 1. The zero-order valence-corrected chi connectivity index (χ0v) is 4.94. The number of amides is 1. The first-order chi connectivity index (χ1) is 4.56. The Bertz CT molecular complexity index is 103. The van der Waals surface area contributed by atoms with Crippen LogP contribution in [0.2, 0.25) is 0 Å². The molecule has 60 valence electrons. The van der Waals surface area contributed by atoms with E-state index in [1.807, 2.05) is 0 Å². The fourth-order valence-corrected chi connectivity index (χ4v) is 0.260. The molecular weight excluding hydrogens is 151 g/mol. The van der Waals surface area contributed by atoms with Gasteiger partial charge in [0.2, 0.25) is 6.41 Å². The SMILES string of the molecule is O=CNOCCC(F)(F)F. The largest absolute Gasteiger partial charge is 0.391 e. The van der Waals surface area contributed by atoms with Crippen molar-refractivity contribution >= 4 is 6.41 Å². The number of hydroxylamine groups is 1. The minimum Gasteiger partial charge on any atom is -0.277 e. The molecule has 1 amide bonds. The molecule has 0 radical (unpaired) electrons. The van der Waals surface area contributed by atoms with Gasteiger partial charge in [-0.1, -0.05) is 0 Å². The van der Waals surface area contributed by atoms with Crippen LogP contribution in [-0.2, 0) is 9.63 Å². The van der Waals surface area contributed by atoms with E-state index in [0.717, 1.165) is 0 Å². The molecule has 6 heteroatoms. The average molecular weight is 157 g/mol. The van der Waals surface area contributed by atoms with Crippen LogP contribution in [-0.4, -0.2) is 19.2 Å². The molecule has 0 aromatic carbocycles. The second-order valence-electron chi connectivity index (χ2n) is 1.45. The topological polar surface area (TPSA) is 38.3 Å². The van der Waals surface area contributed by atoms with E-state index >= 15 is 0 Å². The highest BCUT2D eigenvalue weighted by atomic mass is 19.4. The summed E-state index contributed by atoms with van der Waals surface area (Å²) in [5, 5.41) is 0. The van der Waals surface area contributed by atoms with Crippen molar-refractivity contribution in [3.05, 3.63) is 0 Å². The number of carbonyl (C=O) groups is 1. The van der Waals surface area contributed by atoms with Gasteiger partial charge in [0.05, 0.1) is 13.0 Å². The Morgan fingerprint density at radius 3 is 2.50 bits per heavy atom. The Kier molecular flexibility index (Phi) is 3.78. The summed E-state index contributed by atoms with van der Waals surface area (Å²) in [6.07, 6.45) is -5.13. The highest BCUT2D eigenvalue weighted by molar-refractivity contribution is 5.43. The van der Waals surface area contributed by atoms with Crippen LogP contribution < -0.4 is 5.48 Å². The lowest BCUT2D eigenvalue weighted by atomic mass is 10.5. The summed E-state index contributed by atoms with van der Waals surface area (Å²) in [6.45, 7) is -0.553. The number of hydrogen-bond donors (Lipinski definition) is 1. The van der Waals surface area contributed by atoms with Crippen LogP contribution in [0.1, 0.15) is 6.42 Å². The van der Waals surface area contributed by atoms with Crippen molar-refractivity contribution in [2.24, 2.45) is 0 Å². The van der Waals surface area contributed by atoms with E-state index in [9.17, 15) is 18.0 Å². The molecule has 1 N–H and O–H groups in total. The molecule has 0 aliphatic heterocycles. The smallest absolute Gasteiger partial charge is 0.277 e. The van der Waals surface area contributed by atoms with Crippen LogP contribution in [0, 0.1) is 0 Å². The lowest BCUT2D eigenvalue weighted by molar-refractivity contribution is -0.153. The van der Waals surface area contributed by atoms with Crippen LogP contribution in [0.25, 0.3) is 0 Å². The summed E-state index contributed by atoms with van der Waals surface area (Å²) in [7, 11) is 0. The maximum absolute atomic E-state index is 11.3. The molecule has 0 aromatic rings. The molecule has 0 fully saturated rings. The zero-order chi connectivity index (χ0) is 8.04. The molecular formula is C4H6F3NO2. The summed E-state index contributed by atoms with van der Waals surface area (Å²) >= 11 is 0. The molecule has 0 aromatic heterocycles. The molecule has 0 saturated carbocycles. The number of hydrogen-bond acceptors (Lipinski definition) is 2. The standard InChI is InChI=1S/C4H6F3NO2/c5-4(6,7)1-2-10-8-3-9/h3H,1-2H2,(H,8,9). The zero-order valence-electron chi connectivity index (χ0n) is 4.94. The first-order valence-electron chi connectivity index (χ1n) is 2.44. The van der Waals surface area contributed by atoms with Gasteiger partial charge in [-0.2, -0.15) is 13.2 Å². The van der Waals surface area contributed by atoms with Gasteiger partial charge in [0, 0.05) is 0 Å². The fraction of sp³-hybridized carbons (Fsp3) is 0.750. The van der Waals surface area contributed by atoms with Crippen LogP contribution in [0.3, 0.4) is 0 Å². The minimum atomic E-state index is -4.23. The summed E-state index contributed by atoms with van der Waals surface area (Å²) in [5.74, 6) is 0. The first kappa shape index (κ1) is 9.22. The molecule has 0 aliphatic carbocycles. The van der Waals surface area contributed by atoms with Crippen LogP contribution >= 0.6 is 0 Å². The van der Waals surface area contributed by atoms with E-state index < -0.39 is 19.2 Å². The Morgan fingerprint density at radius 1 is 1.50 bits per heavy atom. The second kappa shape index (κ2) is 4.10. The van der Waals surface area contributed by atoms with Crippen molar-refractivity contribution in [2.75, 3.05) is 6.61 Å². The Balaban J connectivity index is 3.12. The molecule has 0 atom stereocenters. The third-order valence-electron chi connectivity index (χ3n) is 0.619. The van der Waals surface area contributed by atoms with E-state index in [1.165, 1.54) is 0 Å². The van der Waals surface area contributed by atoms with Crippen molar-refractivity contribution in [3.8, 4) is 0 Å². The summed E-state index contributed by atoms with van der Waals surface area (Å²) in [4.78, 5) is 13.4. The lowest BCUT2D eigenvalue weighted by Crippen LogP contribution is -2.17. The first-order valence-corrected chi connectivity index (χ1v) is 2.44. The van der Waals surface area contributed by atoms with Gasteiger partial charge in [0.15, 0.2) is 0 Å². The van der Waals surface area contributed by atoms with Gasteiger partial charge in [0.1, 0.15) is 0 Å². The number of carbonyl (C=O) groups excluding carboxylic acids is 1. The van der Waals surface area contributed by atoms with Gasteiger partial charge in [-0.3, -0.25) is 9.63 Å². The molecule has 0 aliphatic rings. The predicted molar refractivity (Wildman–Crippen MR) is 25.8 cm³/mol. The van der Waals surface area contributed by atoms with Crippen LogP contribution in [0.15, 0.2) is 0 Å². The summed E-state index contributed by atoms with van der Waals surface area (Å²) < 4.78 is 33.9. The molecule has 0 saturated heterocycles. The maximum Gasteiger partial charge on any atom is 0.391 e. The van der Waals surface area contributed by atoms with Gasteiger partial charge in [-0.05, 0) is 0 Å². The molecule has 0 unspecified atom stereocenters. The molecule has 10 heavy (non-hydrogen) atoms. The Hall–Kier alpha value is -0.780. The third kappa shape index (κ3) is 7.22. The molecule has 0 bridgehead atoms. The van der Waals surface area contributed by atoms with Crippen molar-refractivity contribution in [2.45, 2.75) is 12.6 Å². The van der Waals surface area contributed by atoms with Gasteiger partial charge >= 0.3 is 6.18 Å². The molecule has 0 spiro atoms. The average Bonchev–Trinajstić information content (AvgIpc) is 1.78. The fourth-order valence-electron chi connectivity index (χ4n) is 0.260. The third-order valence-corrected chi connectivity index (χ3v) is 0.619. The molecule has 0 rings (SSSR count). The molecule has 3 nitrogen and oxygen atoms in total. The van der Waals surface area contributed by atoms with E-state index in [2.05, 4.69) is 4.84 Å². The van der Waals surface area contributed by atoms with E-state index in [4.69, 9.17) is 0 Å². The van der Waals surface area contributed by atoms with Crippen molar-refractivity contribution in [3.63, 3.8) is 0 Å². The van der Waals surface area contributed by atoms with Crippen molar-refractivity contribution in [1.29, 1.82) is 0 Å². The normalized spacial score (nSPS) is 11.1. The maximum atomic E-state index is 11.3. The van der Waals surface area contributed by atoms with Gasteiger partial charge < -0.3 is 0 Å². The number of halogens is 3. The van der Waals surface area contributed by atoms with E-state index in [0.29, 0.717) is 0 Å². The minimum absolute atomic E-state index is 0.163. The Labute approximate surface area is 55.1 Å². The van der Waals surface area contributed by atoms with Gasteiger partial charge in [0.25, 0.3) is 0 Å². The number of alkyl halides is 3. The molecule has 0 heterocycles. The summed E-state index contributed by atoms with van der Waals surface area (Å²) in [6, 6.07) is 0. The summed E-state index contributed by atoms with van der Waals surface area (Å²) in [5.41, 5.74) is 1.64. The highest BCUT2D eigenvalue weighted by Crippen LogP contribution is 2.18. The Morgan fingerprint density at radius 2 is 2.10 bits per heavy atom. The monoisotopic (exact) mass is 157 g/mol. The van der Waals surface area contributed by atoms with Crippen molar-refractivity contribution in [1.82, 2.24) is 5.48 Å². The second-order valence-corrected chi connectivity index (χ2v) is 1.45. The lowest BCUT2D eigenvalue weighted by Gasteiger charge is -2.04. The quantitative estimate of drug-likeness (QED) is 0.369. The predicted octanol–water partition coefficient (Wildman–Crippen LogP) is 0.616.